The molecule has 0 bridgehead atoms. The van der Waals surface area contributed by atoms with E-state index in [9.17, 15) is 9.90 Å². The predicted octanol–water partition coefficient (Wildman–Crippen LogP) is 4.89. The molecular formula is C26H36N2O3. The first kappa shape index (κ1) is 24.5. The zero-order valence-corrected chi connectivity index (χ0v) is 19.8. The van der Waals surface area contributed by atoms with Gasteiger partial charge in [0.25, 0.3) is 0 Å². The molecule has 3 rings (SSSR count). The Balaban J connectivity index is 0.00000166. The fourth-order valence-corrected chi connectivity index (χ4v) is 4.17. The van der Waals surface area contributed by atoms with Crippen molar-refractivity contribution in [2.24, 2.45) is 5.92 Å². The van der Waals surface area contributed by atoms with Crippen molar-refractivity contribution in [3.05, 3.63) is 65.2 Å². The first-order valence-electron chi connectivity index (χ1n) is 10.7. The highest BCUT2D eigenvalue weighted by Gasteiger charge is 2.43. The van der Waals surface area contributed by atoms with Gasteiger partial charge in [-0.25, -0.2) is 4.79 Å². The fraction of sp³-hybridized carbons (Fsp3) is 0.423. The second-order valence-electron chi connectivity index (χ2n) is 9.09. The Bertz CT molecular complexity index is 915. The molecule has 2 aromatic rings. The quantitative estimate of drug-likeness (QED) is 0.691. The maximum Gasteiger partial charge on any atom is 0.335 e. The number of anilines is 2. The number of hydrogen-bond acceptors (Lipinski definition) is 4. The van der Waals surface area contributed by atoms with Gasteiger partial charge in [0.2, 0.25) is 0 Å². The molecule has 0 radical (unpaired) electrons. The van der Waals surface area contributed by atoms with E-state index in [0.717, 1.165) is 30.5 Å². The van der Waals surface area contributed by atoms with Crippen LogP contribution in [0.4, 0.5) is 11.4 Å². The van der Waals surface area contributed by atoms with Gasteiger partial charge < -0.3 is 20.0 Å². The van der Waals surface area contributed by atoms with Gasteiger partial charge in [-0.15, -0.1) is 0 Å². The van der Waals surface area contributed by atoms with Crippen LogP contribution in [0.1, 0.15) is 49.2 Å². The second-order valence-corrected chi connectivity index (χ2v) is 9.09. The van der Waals surface area contributed by atoms with Crippen LogP contribution >= 0.6 is 0 Å². The lowest BCUT2D eigenvalue weighted by Gasteiger charge is -2.33. The highest BCUT2D eigenvalue weighted by atomic mass is 16.4. The Hall–Kier alpha value is -2.79. The van der Waals surface area contributed by atoms with Crippen molar-refractivity contribution in [3.63, 3.8) is 0 Å². The summed E-state index contributed by atoms with van der Waals surface area (Å²) in [6.45, 7) is 9.79. The van der Waals surface area contributed by atoms with Crippen LogP contribution in [0.15, 0.2) is 48.5 Å². The van der Waals surface area contributed by atoms with Gasteiger partial charge in [0.1, 0.15) is 0 Å². The van der Waals surface area contributed by atoms with Gasteiger partial charge >= 0.3 is 5.97 Å². The molecule has 0 aromatic heterocycles. The monoisotopic (exact) mass is 424 g/mol. The van der Waals surface area contributed by atoms with Gasteiger partial charge in [0, 0.05) is 44.5 Å². The smallest absolute Gasteiger partial charge is 0.335 e. The van der Waals surface area contributed by atoms with Gasteiger partial charge in [-0.05, 0) is 47.4 Å². The summed E-state index contributed by atoms with van der Waals surface area (Å²) in [7, 11) is 5.08. The molecule has 1 aliphatic rings. The molecule has 2 aromatic carbocycles. The minimum atomic E-state index is -0.876. The minimum absolute atomic E-state index is 0.164. The Labute approximate surface area is 186 Å². The SMILES string of the molecule is CC(C)CN1c2ccc(C(=O)O)cc2C(C)(C)C1/C=C/c1ccc(N(C)C)cc1.CO. The number of fused-ring (bicyclic) bond motifs is 1. The van der Waals surface area contributed by atoms with Crippen LogP contribution in [0.25, 0.3) is 6.08 Å². The molecule has 5 nitrogen and oxygen atoms in total. The van der Waals surface area contributed by atoms with E-state index in [1.54, 1.807) is 6.07 Å². The lowest BCUT2D eigenvalue weighted by Crippen LogP contribution is -2.41. The molecule has 1 heterocycles. The number of benzene rings is 2. The molecule has 0 saturated carbocycles. The fourth-order valence-electron chi connectivity index (χ4n) is 4.17. The highest BCUT2D eigenvalue weighted by Crippen LogP contribution is 2.46. The maximum absolute atomic E-state index is 11.5. The van der Waals surface area contributed by atoms with Crippen molar-refractivity contribution in [1.82, 2.24) is 0 Å². The van der Waals surface area contributed by atoms with E-state index in [0.29, 0.717) is 11.5 Å². The van der Waals surface area contributed by atoms with Gasteiger partial charge in [-0.1, -0.05) is 52.0 Å². The van der Waals surface area contributed by atoms with Crippen LogP contribution in [0.5, 0.6) is 0 Å². The third kappa shape index (κ3) is 5.28. The van der Waals surface area contributed by atoms with Gasteiger partial charge in [0.05, 0.1) is 11.6 Å². The topological polar surface area (TPSA) is 64.0 Å². The summed E-state index contributed by atoms with van der Waals surface area (Å²) < 4.78 is 0. The standard InChI is InChI=1S/C25H32N2O2.CH4O/c1-17(2)16-27-22-13-10-19(24(28)29)15-21(22)25(3,4)23(27)14-9-18-7-11-20(12-8-18)26(5)6;1-2/h7-15,17,23H,16H2,1-6H3,(H,28,29);2H,1H3/b14-9+;. The van der Waals surface area contributed by atoms with E-state index < -0.39 is 5.97 Å². The highest BCUT2D eigenvalue weighted by molar-refractivity contribution is 5.89. The van der Waals surface area contributed by atoms with E-state index in [1.165, 1.54) is 5.69 Å². The van der Waals surface area contributed by atoms with E-state index in [2.05, 4.69) is 73.9 Å². The second kappa shape index (κ2) is 10.0. The third-order valence-corrected chi connectivity index (χ3v) is 5.76. The zero-order valence-electron chi connectivity index (χ0n) is 19.8. The molecule has 1 atom stereocenters. The maximum atomic E-state index is 11.5. The number of carbonyl (C=O) groups is 1. The first-order valence-corrected chi connectivity index (χ1v) is 10.7. The van der Waals surface area contributed by atoms with Crippen molar-refractivity contribution in [2.45, 2.75) is 39.2 Å². The van der Waals surface area contributed by atoms with Gasteiger partial charge in [-0.3, -0.25) is 0 Å². The number of nitrogens with zero attached hydrogens (tertiary/aromatic N) is 2. The summed E-state index contributed by atoms with van der Waals surface area (Å²) >= 11 is 0. The molecule has 0 spiro atoms. The molecular weight excluding hydrogens is 388 g/mol. The number of rotatable bonds is 6. The summed E-state index contributed by atoms with van der Waals surface area (Å²) in [6, 6.07) is 14.2. The number of aliphatic hydroxyl groups is 1. The Morgan fingerprint density at radius 3 is 2.26 bits per heavy atom. The number of aliphatic hydroxyl groups excluding tert-OH is 1. The molecule has 168 valence electrons. The summed E-state index contributed by atoms with van der Waals surface area (Å²) in [5.41, 5.74) is 4.76. The van der Waals surface area contributed by atoms with Crippen molar-refractivity contribution >= 4 is 23.4 Å². The third-order valence-electron chi connectivity index (χ3n) is 5.76. The summed E-state index contributed by atoms with van der Waals surface area (Å²) in [6.07, 6.45) is 4.46. The Morgan fingerprint density at radius 2 is 1.74 bits per heavy atom. The molecule has 31 heavy (non-hydrogen) atoms. The summed E-state index contributed by atoms with van der Waals surface area (Å²) in [4.78, 5) is 16.0. The molecule has 5 heteroatoms. The average Bonchev–Trinajstić information content (AvgIpc) is 2.93. The largest absolute Gasteiger partial charge is 0.478 e. The lowest BCUT2D eigenvalue weighted by molar-refractivity contribution is 0.0696. The van der Waals surface area contributed by atoms with E-state index in [4.69, 9.17) is 5.11 Å². The molecule has 0 amide bonds. The molecule has 2 N–H and O–H groups in total. The zero-order chi connectivity index (χ0) is 23.3. The van der Waals surface area contributed by atoms with Crippen molar-refractivity contribution in [3.8, 4) is 0 Å². The van der Waals surface area contributed by atoms with Crippen LogP contribution in [-0.4, -0.2) is 50.0 Å². The molecule has 1 unspecified atom stereocenters. The number of carboxylic acids is 1. The van der Waals surface area contributed by atoms with Crippen LogP contribution in [0.3, 0.4) is 0 Å². The summed E-state index contributed by atoms with van der Waals surface area (Å²) in [5, 5.41) is 16.4. The number of aromatic carboxylic acids is 1. The molecule has 0 aliphatic carbocycles. The van der Waals surface area contributed by atoms with E-state index >= 15 is 0 Å². The average molecular weight is 425 g/mol. The Morgan fingerprint density at radius 1 is 1.13 bits per heavy atom. The van der Waals surface area contributed by atoms with Crippen molar-refractivity contribution in [2.75, 3.05) is 37.5 Å². The lowest BCUT2D eigenvalue weighted by atomic mass is 9.79. The van der Waals surface area contributed by atoms with E-state index in [-0.39, 0.29) is 11.5 Å². The predicted molar refractivity (Wildman–Crippen MR) is 130 cm³/mol. The van der Waals surface area contributed by atoms with Crippen LogP contribution in [-0.2, 0) is 5.41 Å². The molecule has 1 aliphatic heterocycles. The molecule has 0 saturated heterocycles. The Kier molecular flexibility index (Phi) is 7.91. The normalized spacial score (nSPS) is 16.8. The van der Waals surface area contributed by atoms with Crippen molar-refractivity contribution < 1.29 is 15.0 Å². The first-order chi connectivity index (χ1) is 14.6. The molecule has 0 fully saturated rings. The van der Waals surface area contributed by atoms with Crippen molar-refractivity contribution in [1.29, 1.82) is 0 Å². The number of carboxylic acid groups (broad SMARTS) is 1. The van der Waals surface area contributed by atoms with Gasteiger partial charge in [0.15, 0.2) is 0 Å². The van der Waals surface area contributed by atoms with Crippen LogP contribution in [0, 0.1) is 5.92 Å². The summed E-state index contributed by atoms with van der Waals surface area (Å²) in [5.74, 6) is -0.370. The number of hydrogen-bond donors (Lipinski definition) is 2. The van der Waals surface area contributed by atoms with Crippen LogP contribution < -0.4 is 9.80 Å². The minimum Gasteiger partial charge on any atom is -0.478 e. The van der Waals surface area contributed by atoms with Crippen LogP contribution in [0.2, 0.25) is 0 Å². The van der Waals surface area contributed by atoms with E-state index in [1.807, 2.05) is 26.2 Å². The van der Waals surface area contributed by atoms with Gasteiger partial charge in [-0.2, -0.15) is 0 Å².